The molecule has 2 atom stereocenters. The second-order valence-corrected chi connectivity index (χ2v) is 9.20. The number of anilines is 1. The largest absolute Gasteiger partial charge is 0.317 e. The number of hydrogen-bond donors (Lipinski definition) is 1. The van der Waals surface area contributed by atoms with E-state index in [4.69, 9.17) is 0 Å². The van der Waals surface area contributed by atoms with Gasteiger partial charge < -0.3 is 14.8 Å². The molecule has 0 saturated carbocycles. The van der Waals surface area contributed by atoms with Crippen LogP contribution in [0.15, 0.2) is 71.5 Å². The molecule has 1 N–H and O–H groups in total. The average molecular weight is 446 g/mol. The van der Waals surface area contributed by atoms with E-state index in [2.05, 4.69) is 34.5 Å². The van der Waals surface area contributed by atoms with Crippen LogP contribution in [0.25, 0.3) is 0 Å². The number of fused-ring (bicyclic) bond motifs is 4. The summed E-state index contributed by atoms with van der Waals surface area (Å²) in [6, 6.07) is 19.6. The molecular weight excluding hydrogens is 417 g/mol. The molecule has 3 heterocycles. The highest BCUT2D eigenvalue weighted by atomic mass is 19.1. The molecule has 2 aliphatic heterocycles. The third-order valence-electron chi connectivity index (χ3n) is 6.82. The lowest BCUT2D eigenvalue weighted by Crippen LogP contribution is -2.47. The molecule has 2 aromatic carbocycles. The number of piperidine rings is 1. The zero-order valence-corrected chi connectivity index (χ0v) is 18.5. The van der Waals surface area contributed by atoms with Gasteiger partial charge in [0.1, 0.15) is 11.5 Å². The van der Waals surface area contributed by atoms with Gasteiger partial charge in [-0.15, -0.1) is 0 Å². The van der Waals surface area contributed by atoms with Crippen molar-refractivity contribution in [1.29, 1.82) is 0 Å². The number of nitrogens with one attached hydrogen (secondary N) is 1. The fourth-order valence-electron chi connectivity index (χ4n) is 5.27. The summed E-state index contributed by atoms with van der Waals surface area (Å²) in [4.78, 5) is 28.2. The monoisotopic (exact) mass is 445 g/mol. The number of aromatic nitrogens is 1. The molecule has 1 fully saturated rings. The van der Waals surface area contributed by atoms with Crippen molar-refractivity contribution in [3.8, 4) is 0 Å². The van der Waals surface area contributed by atoms with Crippen LogP contribution in [0.2, 0.25) is 0 Å². The topological polar surface area (TPSA) is 54.3 Å². The van der Waals surface area contributed by atoms with E-state index in [9.17, 15) is 14.0 Å². The zero-order valence-electron chi connectivity index (χ0n) is 18.5. The summed E-state index contributed by atoms with van der Waals surface area (Å²) in [5.41, 5.74) is 2.87. The van der Waals surface area contributed by atoms with Crippen LogP contribution in [0.1, 0.15) is 40.4 Å². The molecule has 2 unspecified atom stereocenters. The lowest BCUT2D eigenvalue weighted by atomic mass is 9.83. The van der Waals surface area contributed by atoms with Crippen LogP contribution < -0.4 is 10.9 Å². The van der Waals surface area contributed by atoms with Crippen molar-refractivity contribution < 1.29 is 9.18 Å². The van der Waals surface area contributed by atoms with Crippen LogP contribution >= 0.6 is 0 Å². The Balaban J connectivity index is 1.26. The number of nitrogens with zero attached hydrogens (tertiary/aromatic N) is 2. The van der Waals surface area contributed by atoms with Crippen molar-refractivity contribution in [2.45, 2.75) is 31.7 Å². The predicted octanol–water partition coefficient (Wildman–Crippen LogP) is 4.29. The van der Waals surface area contributed by atoms with E-state index in [0.29, 0.717) is 23.9 Å². The smallest absolute Gasteiger partial charge is 0.274 e. The number of amides is 1. The van der Waals surface area contributed by atoms with Crippen molar-refractivity contribution in [1.82, 2.24) is 9.47 Å². The van der Waals surface area contributed by atoms with Gasteiger partial charge in [0.05, 0.1) is 0 Å². The lowest BCUT2D eigenvalue weighted by molar-refractivity contribution is 0.102. The first-order valence-electron chi connectivity index (χ1n) is 11.6. The summed E-state index contributed by atoms with van der Waals surface area (Å²) in [7, 11) is 0. The van der Waals surface area contributed by atoms with E-state index in [0.717, 1.165) is 44.6 Å². The first kappa shape index (κ1) is 21.6. The summed E-state index contributed by atoms with van der Waals surface area (Å²) in [5.74, 6) is -0.0354. The maximum Gasteiger partial charge on any atom is 0.274 e. The molecule has 5 nitrogen and oxygen atoms in total. The van der Waals surface area contributed by atoms with Crippen LogP contribution in [0.4, 0.5) is 10.1 Å². The molecule has 0 radical (unpaired) electrons. The number of benzene rings is 2. The number of rotatable bonds is 6. The van der Waals surface area contributed by atoms with Gasteiger partial charge in [0.15, 0.2) is 0 Å². The Kier molecular flexibility index (Phi) is 6.09. The van der Waals surface area contributed by atoms with Crippen molar-refractivity contribution in [3.05, 3.63) is 99.7 Å². The number of carbonyl (C=O) groups is 1. The summed E-state index contributed by atoms with van der Waals surface area (Å²) < 4.78 is 15.0. The van der Waals surface area contributed by atoms with Gasteiger partial charge in [-0.05, 0) is 73.7 Å². The quantitative estimate of drug-likeness (QED) is 0.616. The minimum atomic E-state index is -0.409. The Labute approximate surface area is 192 Å². The highest BCUT2D eigenvalue weighted by Gasteiger charge is 2.34. The first-order chi connectivity index (χ1) is 16.1. The molecule has 0 spiro atoms. The Bertz CT molecular complexity index is 1190. The molecule has 170 valence electrons. The normalized spacial score (nSPS) is 19.7. The van der Waals surface area contributed by atoms with E-state index in [1.54, 1.807) is 6.07 Å². The van der Waals surface area contributed by atoms with Gasteiger partial charge >= 0.3 is 0 Å². The van der Waals surface area contributed by atoms with Gasteiger partial charge in [-0.25, -0.2) is 4.39 Å². The predicted molar refractivity (Wildman–Crippen MR) is 127 cm³/mol. The van der Waals surface area contributed by atoms with Crippen molar-refractivity contribution in [2.24, 2.45) is 5.92 Å². The average Bonchev–Trinajstić information content (AvgIpc) is 2.82. The molecular formula is C27H28FN3O2. The van der Waals surface area contributed by atoms with Gasteiger partial charge in [-0.2, -0.15) is 0 Å². The fourth-order valence-corrected chi connectivity index (χ4v) is 5.27. The number of hydrogen-bond acceptors (Lipinski definition) is 3. The highest BCUT2D eigenvalue weighted by Crippen LogP contribution is 2.35. The Morgan fingerprint density at radius 1 is 0.970 bits per heavy atom. The Hall–Kier alpha value is -3.25. The van der Waals surface area contributed by atoms with E-state index < -0.39 is 11.7 Å². The number of aryl methyl sites for hydroxylation is 1. The molecule has 1 aromatic heterocycles. The van der Waals surface area contributed by atoms with E-state index >= 15 is 0 Å². The molecule has 0 aliphatic carbocycles. The SMILES string of the molecule is O=C(Nc1ccc2n(c1=O)CC1CC2CN(CCCc2ccccc2)C1)c1ccc(F)cc1. The van der Waals surface area contributed by atoms with Crippen molar-refractivity contribution in [3.63, 3.8) is 0 Å². The third-order valence-corrected chi connectivity index (χ3v) is 6.82. The molecule has 1 amide bonds. The van der Waals surface area contributed by atoms with Crippen LogP contribution in [0, 0.1) is 11.7 Å². The Morgan fingerprint density at radius 3 is 2.55 bits per heavy atom. The molecule has 6 heteroatoms. The first-order valence-corrected chi connectivity index (χ1v) is 11.6. The third kappa shape index (κ3) is 4.76. The van der Waals surface area contributed by atoms with Gasteiger partial charge in [0.25, 0.3) is 11.5 Å². The van der Waals surface area contributed by atoms with Gasteiger partial charge in [-0.3, -0.25) is 9.59 Å². The van der Waals surface area contributed by atoms with E-state index in [-0.39, 0.29) is 11.2 Å². The molecule has 2 aliphatic rings. The highest BCUT2D eigenvalue weighted by molar-refractivity contribution is 6.04. The van der Waals surface area contributed by atoms with Crippen molar-refractivity contribution in [2.75, 3.05) is 25.0 Å². The summed E-state index contributed by atoms with van der Waals surface area (Å²) in [6.45, 7) is 3.72. The molecule has 33 heavy (non-hydrogen) atoms. The number of carbonyl (C=O) groups excluding carboxylic acids is 1. The van der Waals surface area contributed by atoms with E-state index in [1.165, 1.54) is 29.8 Å². The molecule has 3 aromatic rings. The minimum absolute atomic E-state index is 0.157. The maximum atomic E-state index is 13.2. The Morgan fingerprint density at radius 2 is 1.76 bits per heavy atom. The zero-order chi connectivity index (χ0) is 22.8. The van der Waals surface area contributed by atoms with Crippen molar-refractivity contribution >= 4 is 11.6 Å². The standard InChI is InChI=1S/C27H28FN3O2/c28-23-10-8-21(9-11-23)26(32)29-24-12-13-25-22-15-20(17-31(25)27(24)33)16-30(18-22)14-4-7-19-5-2-1-3-6-19/h1-3,5-6,8-13,20,22H,4,7,14-18H2,(H,29,32). The van der Waals surface area contributed by atoms with Crippen LogP contribution in [0.5, 0.6) is 0 Å². The van der Waals surface area contributed by atoms with Crippen LogP contribution in [-0.4, -0.2) is 35.0 Å². The summed E-state index contributed by atoms with van der Waals surface area (Å²) in [6.07, 6.45) is 3.32. The fraction of sp³-hybridized carbons (Fsp3) is 0.333. The molecule has 2 bridgehead atoms. The summed E-state index contributed by atoms with van der Waals surface area (Å²) in [5, 5.41) is 2.71. The molecule has 5 rings (SSSR count). The van der Waals surface area contributed by atoms with Crippen LogP contribution in [-0.2, 0) is 13.0 Å². The molecule has 1 saturated heterocycles. The van der Waals surface area contributed by atoms with E-state index in [1.807, 2.05) is 16.7 Å². The van der Waals surface area contributed by atoms with Gasteiger partial charge in [0.2, 0.25) is 0 Å². The maximum absolute atomic E-state index is 13.2. The number of halogens is 1. The second kappa shape index (κ2) is 9.32. The lowest BCUT2D eigenvalue weighted by Gasteiger charge is -2.43. The van der Waals surface area contributed by atoms with Crippen LogP contribution in [0.3, 0.4) is 0 Å². The number of likely N-dealkylation sites (tertiary alicyclic amines) is 1. The van der Waals surface area contributed by atoms with Gasteiger partial charge in [-0.1, -0.05) is 30.3 Å². The minimum Gasteiger partial charge on any atom is -0.317 e. The summed E-state index contributed by atoms with van der Waals surface area (Å²) >= 11 is 0. The number of pyridine rings is 1. The second-order valence-electron chi connectivity index (χ2n) is 9.20. The van der Waals surface area contributed by atoms with Gasteiger partial charge in [0, 0.05) is 36.8 Å².